The maximum absolute atomic E-state index is 12.4. The van der Waals surface area contributed by atoms with E-state index in [4.69, 9.17) is 9.47 Å². The number of benzene rings is 2. The zero-order valence-corrected chi connectivity index (χ0v) is 16.9. The summed E-state index contributed by atoms with van der Waals surface area (Å²) in [5.74, 6) is 2.18. The quantitative estimate of drug-likeness (QED) is 0.662. The van der Waals surface area contributed by atoms with E-state index in [9.17, 15) is 4.79 Å². The number of carbonyl (C=O) groups is 1. The van der Waals surface area contributed by atoms with Crippen LogP contribution in [0.15, 0.2) is 47.4 Å². The first kappa shape index (κ1) is 19.0. The fourth-order valence-electron chi connectivity index (χ4n) is 3.03. The summed E-state index contributed by atoms with van der Waals surface area (Å²) in [5.41, 5.74) is 2.31. The van der Waals surface area contributed by atoms with Gasteiger partial charge < -0.3 is 14.4 Å². The summed E-state index contributed by atoms with van der Waals surface area (Å²) < 4.78 is 10.7. The molecule has 0 aliphatic carbocycles. The predicted octanol–water partition coefficient (Wildman–Crippen LogP) is 4.24. The van der Waals surface area contributed by atoms with Crippen LogP contribution < -0.4 is 9.47 Å². The summed E-state index contributed by atoms with van der Waals surface area (Å²) in [5, 5.41) is 0.0959. The molecule has 1 fully saturated rings. The number of methoxy groups -OCH3 is 2. The second kappa shape index (κ2) is 8.73. The fraction of sp³-hybridized carbons (Fsp3) is 0.350. The van der Waals surface area contributed by atoms with Crippen molar-refractivity contribution in [3.05, 3.63) is 53.6 Å². The van der Waals surface area contributed by atoms with Crippen LogP contribution in [0.3, 0.4) is 0 Å². The van der Waals surface area contributed by atoms with Gasteiger partial charge in [0, 0.05) is 11.4 Å². The summed E-state index contributed by atoms with van der Waals surface area (Å²) in [4.78, 5) is 15.6. The van der Waals surface area contributed by atoms with E-state index in [0.717, 1.165) is 23.5 Å². The SMILES string of the molecule is COc1ccc(CCN2C(=O)CSC2c2ccc(SC)cc2)cc1OC. The van der Waals surface area contributed by atoms with E-state index in [0.29, 0.717) is 12.3 Å². The summed E-state index contributed by atoms with van der Waals surface area (Å²) >= 11 is 3.42. The van der Waals surface area contributed by atoms with Gasteiger partial charge in [0.05, 0.1) is 20.0 Å². The first-order valence-electron chi connectivity index (χ1n) is 8.42. The highest BCUT2D eigenvalue weighted by Gasteiger charge is 2.32. The lowest BCUT2D eigenvalue weighted by atomic mass is 10.1. The Labute approximate surface area is 163 Å². The molecule has 138 valence electrons. The van der Waals surface area contributed by atoms with Gasteiger partial charge in [0.25, 0.3) is 0 Å². The highest BCUT2D eigenvalue weighted by Crippen LogP contribution is 2.39. The topological polar surface area (TPSA) is 38.8 Å². The fourth-order valence-corrected chi connectivity index (χ4v) is 4.65. The van der Waals surface area contributed by atoms with E-state index >= 15 is 0 Å². The number of hydrogen-bond donors (Lipinski definition) is 0. The average Bonchev–Trinajstić information content (AvgIpc) is 3.06. The van der Waals surface area contributed by atoms with Crippen molar-refractivity contribution < 1.29 is 14.3 Å². The number of hydrogen-bond acceptors (Lipinski definition) is 5. The number of amides is 1. The summed E-state index contributed by atoms with van der Waals surface area (Å²) in [6.45, 7) is 0.691. The highest BCUT2D eigenvalue weighted by atomic mass is 32.2. The standard InChI is InChI=1S/C20H23NO3S2/c1-23-17-9-4-14(12-18(17)24-2)10-11-21-19(22)13-26-20(21)15-5-7-16(25-3)8-6-15/h4-9,12,20H,10-11,13H2,1-3H3. The Kier molecular flexibility index (Phi) is 6.38. The third kappa shape index (κ3) is 4.13. The molecular weight excluding hydrogens is 366 g/mol. The minimum absolute atomic E-state index is 0.0959. The molecule has 26 heavy (non-hydrogen) atoms. The Balaban J connectivity index is 1.71. The molecule has 0 spiro atoms. The lowest BCUT2D eigenvalue weighted by molar-refractivity contribution is -0.128. The molecule has 2 aromatic carbocycles. The van der Waals surface area contributed by atoms with Gasteiger partial charge in [0.2, 0.25) is 5.91 Å². The Bertz CT molecular complexity index is 764. The van der Waals surface area contributed by atoms with Gasteiger partial charge in [-0.1, -0.05) is 18.2 Å². The molecule has 1 saturated heterocycles. The molecule has 0 bridgehead atoms. The number of ether oxygens (including phenoxy) is 2. The number of thioether (sulfide) groups is 2. The maximum atomic E-state index is 12.4. The van der Waals surface area contributed by atoms with Crippen LogP contribution in [0.5, 0.6) is 11.5 Å². The molecule has 6 heteroatoms. The highest BCUT2D eigenvalue weighted by molar-refractivity contribution is 8.00. The van der Waals surface area contributed by atoms with Crippen LogP contribution in [-0.2, 0) is 11.2 Å². The molecule has 2 aromatic rings. The van der Waals surface area contributed by atoms with Crippen molar-refractivity contribution in [2.24, 2.45) is 0 Å². The molecule has 1 aliphatic heterocycles. The second-order valence-electron chi connectivity index (χ2n) is 5.96. The molecule has 1 heterocycles. The first-order valence-corrected chi connectivity index (χ1v) is 10.7. The van der Waals surface area contributed by atoms with Gasteiger partial charge in [-0.2, -0.15) is 0 Å². The van der Waals surface area contributed by atoms with Crippen LogP contribution in [0.4, 0.5) is 0 Å². The van der Waals surface area contributed by atoms with Crippen LogP contribution in [0.2, 0.25) is 0 Å². The molecule has 0 aromatic heterocycles. The van der Waals surface area contributed by atoms with Crippen molar-refractivity contribution in [2.45, 2.75) is 16.7 Å². The Morgan fingerprint density at radius 1 is 1.12 bits per heavy atom. The largest absolute Gasteiger partial charge is 0.493 e. The van der Waals surface area contributed by atoms with E-state index < -0.39 is 0 Å². The maximum Gasteiger partial charge on any atom is 0.233 e. The molecule has 1 aliphatic rings. The van der Waals surface area contributed by atoms with Crippen molar-refractivity contribution in [1.29, 1.82) is 0 Å². The van der Waals surface area contributed by atoms with Gasteiger partial charge in [-0.3, -0.25) is 4.79 Å². The van der Waals surface area contributed by atoms with E-state index in [1.807, 2.05) is 23.1 Å². The van der Waals surface area contributed by atoms with E-state index in [1.165, 1.54) is 10.5 Å². The lowest BCUT2D eigenvalue weighted by Crippen LogP contribution is -2.30. The number of carbonyl (C=O) groups excluding carboxylic acids is 1. The van der Waals surface area contributed by atoms with E-state index in [2.05, 4.69) is 30.5 Å². The molecule has 0 radical (unpaired) electrons. The molecule has 3 rings (SSSR count). The van der Waals surface area contributed by atoms with Crippen molar-refractivity contribution >= 4 is 29.4 Å². The van der Waals surface area contributed by atoms with Gasteiger partial charge in [0.1, 0.15) is 5.37 Å². The van der Waals surface area contributed by atoms with Crippen molar-refractivity contribution in [3.63, 3.8) is 0 Å². The molecule has 1 amide bonds. The Hall–Kier alpha value is -1.79. The van der Waals surface area contributed by atoms with Crippen molar-refractivity contribution in [3.8, 4) is 11.5 Å². The molecule has 4 nitrogen and oxygen atoms in total. The Morgan fingerprint density at radius 3 is 2.50 bits per heavy atom. The predicted molar refractivity (Wildman–Crippen MR) is 108 cm³/mol. The van der Waals surface area contributed by atoms with Crippen molar-refractivity contribution in [2.75, 3.05) is 32.8 Å². The van der Waals surface area contributed by atoms with Crippen LogP contribution in [0.25, 0.3) is 0 Å². The minimum atomic E-state index is 0.0959. The van der Waals surface area contributed by atoms with Gasteiger partial charge in [0.15, 0.2) is 11.5 Å². The summed E-state index contributed by atoms with van der Waals surface area (Å²) in [6.07, 6.45) is 2.85. The summed E-state index contributed by atoms with van der Waals surface area (Å²) in [7, 11) is 3.26. The van der Waals surface area contributed by atoms with Gasteiger partial charge in [-0.05, 0) is 48.1 Å². The monoisotopic (exact) mass is 389 g/mol. The zero-order valence-electron chi connectivity index (χ0n) is 15.2. The molecule has 0 N–H and O–H groups in total. The third-order valence-corrected chi connectivity index (χ3v) is 6.46. The lowest BCUT2D eigenvalue weighted by Gasteiger charge is -2.24. The van der Waals surface area contributed by atoms with E-state index in [-0.39, 0.29) is 11.3 Å². The minimum Gasteiger partial charge on any atom is -0.493 e. The van der Waals surface area contributed by atoms with Crippen LogP contribution in [-0.4, -0.2) is 43.6 Å². The van der Waals surface area contributed by atoms with Crippen molar-refractivity contribution in [1.82, 2.24) is 4.90 Å². The van der Waals surface area contributed by atoms with Crippen LogP contribution in [0.1, 0.15) is 16.5 Å². The average molecular weight is 390 g/mol. The third-order valence-electron chi connectivity index (χ3n) is 4.46. The number of nitrogens with zero attached hydrogens (tertiary/aromatic N) is 1. The molecular formula is C20H23NO3S2. The van der Waals surface area contributed by atoms with Gasteiger partial charge >= 0.3 is 0 Å². The normalized spacial score (nSPS) is 16.8. The summed E-state index contributed by atoms with van der Waals surface area (Å²) in [6, 6.07) is 14.4. The zero-order chi connectivity index (χ0) is 18.5. The van der Waals surface area contributed by atoms with Crippen LogP contribution in [0, 0.1) is 0 Å². The molecule has 1 unspecified atom stereocenters. The van der Waals surface area contributed by atoms with Gasteiger partial charge in [-0.25, -0.2) is 0 Å². The van der Waals surface area contributed by atoms with Crippen LogP contribution >= 0.6 is 23.5 Å². The second-order valence-corrected chi connectivity index (χ2v) is 7.91. The smallest absolute Gasteiger partial charge is 0.233 e. The molecule has 0 saturated carbocycles. The number of rotatable bonds is 7. The first-order chi connectivity index (χ1) is 12.7. The Morgan fingerprint density at radius 2 is 1.85 bits per heavy atom. The van der Waals surface area contributed by atoms with E-state index in [1.54, 1.807) is 37.7 Å². The van der Waals surface area contributed by atoms with Gasteiger partial charge in [-0.15, -0.1) is 23.5 Å². The molecule has 1 atom stereocenters.